The van der Waals surface area contributed by atoms with Gasteiger partial charge in [-0.1, -0.05) is 0 Å². The Morgan fingerprint density at radius 1 is 1.50 bits per heavy atom. The third-order valence-electron chi connectivity index (χ3n) is 4.44. The van der Waals surface area contributed by atoms with E-state index in [1.54, 1.807) is 35.9 Å². The molecule has 1 fully saturated rings. The number of carbonyl (C=O) groups excluding carboxylic acids is 2. The van der Waals surface area contributed by atoms with E-state index in [1.165, 1.54) is 11.3 Å². The monoisotopic (exact) mass is 377 g/mol. The molecule has 2 aromatic heterocycles. The van der Waals surface area contributed by atoms with Crippen LogP contribution in [0.1, 0.15) is 46.2 Å². The summed E-state index contributed by atoms with van der Waals surface area (Å²) in [5.41, 5.74) is 0.649. The van der Waals surface area contributed by atoms with Crippen LogP contribution >= 0.6 is 11.3 Å². The zero-order valence-electron chi connectivity index (χ0n) is 15.4. The molecule has 3 heterocycles. The van der Waals surface area contributed by atoms with Crippen LogP contribution in [0.25, 0.3) is 0 Å². The topological polar surface area (TPSA) is 89.3 Å². The van der Waals surface area contributed by atoms with E-state index in [2.05, 4.69) is 15.4 Å². The van der Waals surface area contributed by atoms with Crippen molar-refractivity contribution in [1.29, 1.82) is 0 Å². The summed E-state index contributed by atoms with van der Waals surface area (Å²) >= 11 is 1.30. The maximum Gasteiger partial charge on any atom is 0.263 e. The van der Waals surface area contributed by atoms with Gasteiger partial charge in [-0.3, -0.25) is 19.2 Å². The van der Waals surface area contributed by atoms with Crippen LogP contribution < -0.4 is 10.2 Å². The number of piperidine rings is 1. The van der Waals surface area contributed by atoms with Crippen molar-refractivity contribution in [2.45, 2.75) is 38.8 Å². The van der Waals surface area contributed by atoms with Crippen molar-refractivity contribution in [2.24, 2.45) is 7.05 Å². The summed E-state index contributed by atoms with van der Waals surface area (Å²) in [4.78, 5) is 32.0. The van der Waals surface area contributed by atoms with Crippen molar-refractivity contribution in [2.75, 3.05) is 18.6 Å². The lowest BCUT2D eigenvalue weighted by Crippen LogP contribution is -2.52. The summed E-state index contributed by atoms with van der Waals surface area (Å²) in [5, 5.41) is 7.91. The number of ether oxygens (including phenoxy) is 1. The molecule has 0 aromatic carbocycles. The third-order valence-corrected chi connectivity index (χ3v) is 5.76. The van der Waals surface area contributed by atoms with Gasteiger partial charge in [0.05, 0.1) is 5.69 Å². The minimum absolute atomic E-state index is 0.129. The number of methoxy groups -OCH3 is 1. The van der Waals surface area contributed by atoms with Gasteiger partial charge < -0.3 is 10.1 Å². The van der Waals surface area contributed by atoms with Gasteiger partial charge in [-0.25, -0.2) is 4.98 Å². The summed E-state index contributed by atoms with van der Waals surface area (Å²) in [6, 6.07) is 1.25. The molecule has 0 spiro atoms. The number of hydrogen-bond donors (Lipinski definition) is 1. The van der Waals surface area contributed by atoms with E-state index in [0.717, 1.165) is 11.4 Å². The number of thiazole rings is 1. The average Bonchev–Trinajstić information content (AvgIpc) is 3.22. The van der Waals surface area contributed by atoms with Gasteiger partial charge in [0.2, 0.25) is 0 Å². The Hall–Kier alpha value is -2.26. The van der Waals surface area contributed by atoms with Crippen LogP contribution in [0.5, 0.6) is 0 Å². The Morgan fingerprint density at radius 2 is 2.27 bits per heavy atom. The first-order chi connectivity index (χ1) is 12.4. The highest BCUT2D eigenvalue weighted by atomic mass is 32.1. The fourth-order valence-corrected chi connectivity index (χ4v) is 3.91. The molecule has 3 rings (SSSR count). The standard InChI is InChI=1S/C17H23N5O3S/c1-10-14(26-16(18-10)11(2)25-4)15(23)19-12-6-5-8-22(17(12)24)13-7-9-21(3)20-13/h7,9,11-12H,5-6,8H2,1-4H3,(H,19,23)/t11-,12+/m0/s1. The van der Waals surface area contributed by atoms with Crippen LogP contribution in [0.4, 0.5) is 5.82 Å². The lowest BCUT2D eigenvalue weighted by Gasteiger charge is -2.31. The van der Waals surface area contributed by atoms with Crippen molar-refractivity contribution in [3.05, 3.63) is 27.8 Å². The first-order valence-electron chi connectivity index (χ1n) is 8.52. The van der Waals surface area contributed by atoms with Gasteiger partial charge in [-0.05, 0) is 26.7 Å². The second kappa shape index (κ2) is 7.55. The number of nitrogens with zero attached hydrogens (tertiary/aromatic N) is 4. The Morgan fingerprint density at radius 3 is 2.92 bits per heavy atom. The number of anilines is 1. The van der Waals surface area contributed by atoms with Crippen LogP contribution in [0, 0.1) is 6.92 Å². The second-order valence-corrected chi connectivity index (χ2v) is 7.38. The molecule has 0 bridgehead atoms. The Balaban J connectivity index is 1.73. The van der Waals surface area contributed by atoms with Crippen LogP contribution in [0.3, 0.4) is 0 Å². The highest BCUT2D eigenvalue weighted by molar-refractivity contribution is 7.13. The van der Waals surface area contributed by atoms with E-state index in [1.807, 2.05) is 14.0 Å². The quantitative estimate of drug-likeness (QED) is 0.858. The van der Waals surface area contributed by atoms with Gasteiger partial charge in [0, 0.05) is 33.0 Å². The number of amides is 2. The molecule has 0 radical (unpaired) electrons. The van der Waals surface area contributed by atoms with Crippen LogP contribution in [-0.2, 0) is 16.6 Å². The van der Waals surface area contributed by atoms with Crippen molar-refractivity contribution >= 4 is 29.0 Å². The number of rotatable bonds is 5. The molecule has 1 saturated heterocycles. The van der Waals surface area contributed by atoms with Crippen LogP contribution in [0.2, 0.25) is 0 Å². The molecule has 1 aliphatic heterocycles. The average molecular weight is 377 g/mol. The number of carbonyl (C=O) groups is 2. The minimum atomic E-state index is -0.553. The molecular formula is C17H23N5O3S. The minimum Gasteiger partial charge on any atom is -0.375 e. The van der Waals surface area contributed by atoms with E-state index in [-0.39, 0.29) is 17.9 Å². The van der Waals surface area contributed by atoms with Crippen LogP contribution in [-0.4, -0.2) is 46.3 Å². The maximum absolute atomic E-state index is 12.8. The van der Waals surface area contributed by atoms with Gasteiger partial charge in [-0.2, -0.15) is 5.10 Å². The van der Waals surface area contributed by atoms with E-state index >= 15 is 0 Å². The fraction of sp³-hybridized carbons (Fsp3) is 0.529. The predicted octanol–water partition coefficient (Wildman–Crippen LogP) is 1.82. The predicted molar refractivity (Wildman–Crippen MR) is 98.3 cm³/mol. The van der Waals surface area contributed by atoms with E-state index in [0.29, 0.717) is 29.4 Å². The van der Waals surface area contributed by atoms with Gasteiger partial charge in [-0.15, -0.1) is 11.3 Å². The Kier molecular flexibility index (Phi) is 5.38. The summed E-state index contributed by atoms with van der Waals surface area (Å²) in [6.07, 6.45) is 3.05. The SMILES string of the molecule is CO[C@@H](C)c1nc(C)c(C(=O)N[C@@H]2CCCN(c3ccn(C)n3)C2=O)s1. The summed E-state index contributed by atoms with van der Waals surface area (Å²) in [6.45, 7) is 4.28. The lowest BCUT2D eigenvalue weighted by molar-refractivity contribution is -0.121. The van der Waals surface area contributed by atoms with Gasteiger partial charge in [0.1, 0.15) is 22.0 Å². The van der Waals surface area contributed by atoms with Gasteiger partial charge in [0.25, 0.3) is 11.8 Å². The van der Waals surface area contributed by atoms with E-state index in [9.17, 15) is 9.59 Å². The molecule has 0 saturated carbocycles. The molecule has 2 atom stereocenters. The largest absolute Gasteiger partial charge is 0.375 e. The maximum atomic E-state index is 12.8. The highest BCUT2D eigenvalue weighted by Crippen LogP contribution is 2.26. The molecule has 140 valence electrons. The van der Waals surface area contributed by atoms with Crippen molar-refractivity contribution in [3.63, 3.8) is 0 Å². The zero-order chi connectivity index (χ0) is 18.8. The van der Waals surface area contributed by atoms with Crippen molar-refractivity contribution < 1.29 is 14.3 Å². The Labute approximate surface area is 156 Å². The first-order valence-corrected chi connectivity index (χ1v) is 9.34. The molecule has 8 nitrogen and oxygen atoms in total. The molecule has 2 aromatic rings. The third kappa shape index (κ3) is 3.63. The Bertz CT molecular complexity index is 815. The van der Waals surface area contributed by atoms with Gasteiger partial charge >= 0.3 is 0 Å². The fourth-order valence-electron chi connectivity index (χ4n) is 2.91. The van der Waals surface area contributed by atoms with Crippen molar-refractivity contribution in [1.82, 2.24) is 20.1 Å². The lowest BCUT2D eigenvalue weighted by atomic mass is 10.0. The van der Waals surface area contributed by atoms with E-state index in [4.69, 9.17) is 4.74 Å². The highest BCUT2D eigenvalue weighted by Gasteiger charge is 2.32. The molecular weight excluding hydrogens is 354 g/mol. The second-order valence-electron chi connectivity index (χ2n) is 6.35. The summed E-state index contributed by atoms with van der Waals surface area (Å²) in [7, 11) is 3.41. The summed E-state index contributed by atoms with van der Waals surface area (Å²) < 4.78 is 6.92. The van der Waals surface area contributed by atoms with Crippen molar-refractivity contribution in [3.8, 4) is 0 Å². The molecule has 1 N–H and O–H groups in total. The molecule has 0 unspecified atom stereocenters. The molecule has 1 aliphatic rings. The number of aryl methyl sites for hydroxylation is 2. The molecule has 9 heteroatoms. The first kappa shape index (κ1) is 18.5. The summed E-state index contributed by atoms with van der Waals surface area (Å²) in [5.74, 6) is 0.216. The smallest absolute Gasteiger partial charge is 0.263 e. The molecule has 26 heavy (non-hydrogen) atoms. The normalized spacial score (nSPS) is 18.8. The molecule has 2 amide bonds. The number of nitrogens with one attached hydrogen (secondary N) is 1. The number of aromatic nitrogens is 3. The number of hydrogen-bond acceptors (Lipinski definition) is 6. The van der Waals surface area contributed by atoms with Crippen LogP contribution in [0.15, 0.2) is 12.3 Å². The molecule has 0 aliphatic carbocycles. The van der Waals surface area contributed by atoms with E-state index < -0.39 is 6.04 Å². The van der Waals surface area contributed by atoms with Gasteiger partial charge in [0.15, 0.2) is 5.82 Å². The zero-order valence-corrected chi connectivity index (χ0v) is 16.2.